The van der Waals surface area contributed by atoms with Crippen molar-refractivity contribution in [2.45, 2.75) is 58.2 Å². The number of nitrogens with zero attached hydrogens (tertiary/aromatic N) is 2. The highest BCUT2D eigenvalue weighted by Gasteiger charge is 2.28. The van der Waals surface area contributed by atoms with E-state index in [4.69, 9.17) is 4.74 Å². The molecule has 0 aromatic heterocycles. The van der Waals surface area contributed by atoms with Crippen molar-refractivity contribution < 1.29 is 9.53 Å². The van der Waals surface area contributed by atoms with Crippen LogP contribution in [-0.2, 0) is 4.74 Å². The van der Waals surface area contributed by atoms with Gasteiger partial charge < -0.3 is 15.0 Å². The quantitative estimate of drug-likeness (QED) is 0.852. The molecule has 2 saturated heterocycles. The van der Waals surface area contributed by atoms with E-state index in [1.54, 1.807) is 0 Å². The molecular formula is C15H29N3O2. The molecule has 1 unspecified atom stereocenters. The van der Waals surface area contributed by atoms with E-state index in [1.807, 2.05) is 11.8 Å². The van der Waals surface area contributed by atoms with Crippen molar-refractivity contribution in [2.24, 2.45) is 0 Å². The van der Waals surface area contributed by atoms with Gasteiger partial charge in [-0.3, -0.25) is 4.90 Å². The van der Waals surface area contributed by atoms with E-state index < -0.39 is 0 Å². The minimum Gasteiger partial charge on any atom is -0.450 e. The van der Waals surface area contributed by atoms with Crippen molar-refractivity contribution in [3.8, 4) is 0 Å². The van der Waals surface area contributed by atoms with E-state index in [0.29, 0.717) is 24.7 Å². The summed E-state index contributed by atoms with van der Waals surface area (Å²) in [4.78, 5) is 16.0. The number of hydrogen-bond acceptors (Lipinski definition) is 4. The van der Waals surface area contributed by atoms with Gasteiger partial charge in [-0.05, 0) is 46.6 Å². The average Bonchev–Trinajstić information content (AvgIpc) is 2.88. The second kappa shape index (κ2) is 7.27. The van der Waals surface area contributed by atoms with Crippen LogP contribution in [0.1, 0.15) is 40.0 Å². The third-order valence-electron chi connectivity index (χ3n) is 4.44. The zero-order valence-electron chi connectivity index (χ0n) is 13.1. The summed E-state index contributed by atoms with van der Waals surface area (Å²) in [5, 5.41) is 3.77. The van der Waals surface area contributed by atoms with Gasteiger partial charge in [-0.25, -0.2) is 4.79 Å². The number of likely N-dealkylation sites (tertiary alicyclic amines) is 2. The van der Waals surface area contributed by atoms with Crippen molar-refractivity contribution >= 4 is 6.09 Å². The monoisotopic (exact) mass is 283 g/mol. The number of amides is 1. The molecule has 5 heteroatoms. The molecule has 0 bridgehead atoms. The average molecular weight is 283 g/mol. The van der Waals surface area contributed by atoms with Crippen LogP contribution in [0.25, 0.3) is 0 Å². The molecule has 2 aliphatic heterocycles. The smallest absolute Gasteiger partial charge is 0.409 e. The Kier molecular flexibility index (Phi) is 5.66. The fourth-order valence-corrected chi connectivity index (χ4v) is 3.17. The Labute approximate surface area is 122 Å². The zero-order valence-corrected chi connectivity index (χ0v) is 13.1. The fourth-order valence-electron chi connectivity index (χ4n) is 3.17. The normalized spacial score (nSPS) is 25.4. The Morgan fingerprint density at radius 2 is 1.85 bits per heavy atom. The van der Waals surface area contributed by atoms with Crippen LogP contribution in [0.2, 0.25) is 0 Å². The van der Waals surface area contributed by atoms with E-state index in [1.165, 1.54) is 13.0 Å². The number of nitrogens with one attached hydrogen (secondary N) is 1. The zero-order chi connectivity index (χ0) is 14.5. The number of ether oxygens (including phenoxy) is 1. The van der Waals surface area contributed by atoms with E-state index in [0.717, 1.165) is 32.5 Å². The first-order valence-corrected chi connectivity index (χ1v) is 8.02. The minimum absolute atomic E-state index is 0.155. The Morgan fingerprint density at radius 3 is 2.40 bits per heavy atom. The number of rotatable bonds is 4. The summed E-state index contributed by atoms with van der Waals surface area (Å²) in [6.07, 6.45) is 3.17. The highest BCUT2D eigenvalue weighted by Crippen LogP contribution is 2.17. The molecule has 20 heavy (non-hydrogen) atoms. The lowest BCUT2D eigenvalue weighted by Crippen LogP contribution is -2.48. The lowest BCUT2D eigenvalue weighted by Gasteiger charge is -2.33. The predicted molar refractivity (Wildman–Crippen MR) is 79.9 cm³/mol. The molecule has 0 aromatic carbocycles. The van der Waals surface area contributed by atoms with Gasteiger partial charge in [0.15, 0.2) is 0 Å². The molecule has 0 aromatic rings. The topological polar surface area (TPSA) is 44.8 Å². The standard InChI is InChI=1S/C15H29N3O2/c1-4-20-15(19)17-8-5-13(6-9-17)16-14-7-10-18(11-14)12(2)3/h12-14,16H,4-11H2,1-3H3. The second-order valence-electron chi connectivity index (χ2n) is 6.20. The van der Waals surface area contributed by atoms with Crippen molar-refractivity contribution in [3.63, 3.8) is 0 Å². The molecule has 2 rings (SSSR count). The van der Waals surface area contributed by atoms with Crippen LogP contribution in [0.5, 0.6) is 0 Å². The van der Waals surface area contributed by atoms with Gasteiger partial charge in [-0.15, -0.1) is 0 Å². The molecule has 2 fully saturated rings. The Hall–Kier alpha value is -0.810. The molecule has 0 radical (unpaired) electrons. The number of hydrogen-bond donors (Lipinski definition) is 1. The largest absolute Gasteiger partial charge is 0.450 e. The maximum Gasteiger partial charge on any atom is 0.409 e. The van der Waals surface area contributed by atoms with Crippen LogP contribution in [0.4, 0.5) is 4.79 Å². The van der Waals surface area contributed by atoms with Gasteiger partial charge in [0.1, 0.15) is 0 Å². The summed E-state index contributed by atoms with van der Waals surface area (Å²) in [7, 11) is 0. The molecule has 5 nitrogen and oxygen atoms in total. The molecule has 0 spiro atoms. The van der Waals surface area contributed by atoms with Crippen molar-refractivity contribution in [1.82, 2.24) is 15.1 Å². The molecule has 1 atom stereocenters. The van der Waals surface area contributed by atoms with Crippen LogP contribution < -0.4 is 5.32 Å². The van der Waals surface area contributed by atoms with Crippen molar-refractivity contribution in [3.05, 3.63) is 0 Å². The molecule has 1 N–H and O–H groups in total. The first kappa shape index (κ1) is 15.6. The van der Waals surface area contributed by atoms with E-state index in [9.17, 15) is 4.79 Å². The van der Waals surface area contributed by atoms with Crippen LogP contribution in [0.3, 0.4) is 0 Å². The second-order valence-corrected chi connectivity index (χ2v) is 6.20. The van der Waals surface area contributed by atoms with Gasteiger partial charge in [-0.1, -0.05) is 0 Å². The van der Waals surface area contributed by atoms with Crippen LogP contribution in [-0.4, -0.2) is 66.8 Å². The number of piperidine rings is 1. The van der Waals surface area contributed by atoms with Crippen molar-refractivity contribution in [1.29, 1.82) is 0 Å². The fraction of sp³-hybridized carbons (Fsp3) is 0.933. The molecule has 0 saturated carbocycles. The molecule has 0 aliphatic carbocycles. The highest BCUT2D eigenvalue weighted by molar-refractivity contribution is 5.67. The first-order valence-electron chi connectivity index (χ1n) is 8.02. The Bertz CT molecular complexity index is 314. The molecule has 1 amide bonds. The molecular weight excluding hydrogens is 254 g/mol. The maximum atomic E-state index is 11.6. The summed E-state index contributed by atoms with van der Waals surface area (Å²) in [6, 6.07) is 1.82. The summed E-state index contributed by atoms with van der Waals surface area (Å²) >= 11 is 0. The maximum absolute atomic E-state index is 11.6. The number of carbonyl (C=O) groups is 1. The summed E-state index contributed by atoms with van der Waals surface area (Å²) in [5.41, 5.74) is 0. The lowest BCUT2D eigenvalue weighted by atomic mass is 10.0. The molecule has 116 valence electrons. The summed E-state index contributed by atoms with van der Waals surface area (Å²) < 4.78 is 5.05. The third-order valence-corrected chi connectivity index (χ3v) is 4.44. The SMILES string of the molecule is CCOC(=O)N1CCC(NC2CCN(C(C)C)C2)CC1. The van der Waals surface area contributed by atoms with Crippen LogP contribution in [0, 0.1) is 0 Å². The predicted octanol–water partition coefficient (Wildman–Crippen LogP) is 1.68. The van der Waals surface area contributed by atoms with Gasteiger partial charge in [-0.2, -0.15) is 0 Å². The van der Waals surface area contributed by atoms with Gasteiger partial charge in [0.2, 0.25) is 0 Å². The summed E-state index contributed by atoms with van der Waals surface area (Å²) in [5.74, 6) is 0. The van der Waals surface area contributed by atoms with Crippen LogP contribution in [0.15, 0.2) is 0 Å². The minimum atomic E-state index is -0.155. The third kappa shape index (κ3) is 4.09. The summed E-state index contributed by atoms with van der Waals surface area (Å²) in [6.45, 7) is 10.8. The van der Waals surface area contributed by atoms with Crippen LogP contribution >= 0.6 is 0 Å². The number of carbonyl (C=O) groups excluding carboxylic acids is 1. The molecule has 2 aliphatic rings. The van der Waals surface area contributed by atoms with E-state index in [2.05, 4.69) is 24.1 Å². The van der Waals surface area contributed by atoms with Crippen molar-refractivity contribution in [2.75, 3.05) is 32.8 Å². The first-order chi connectivity index (χ1) is 9.60. The van der Waals surface area contributed by atoms with Gasteiger partial charge >= 0.3 is 6.09 Å². The lowest BCUT2D eigenvalue weighted by molar-refractivity contribution is 0.0942. The van der Waals surface area contributed by atoms with Gasteiger partial charge in [0.25, 0.3) is 0 Å². The Balaban J connectivity index is 1.69. The van der Waals surface area contributed by atoms with Gasteiger partial charge in [0, 0.05) is 37.8 Å². The highest BCUT2D eigenvalue weighted by atomic mass is 16.6. The molecule has 2 heterocycles. The van der Waals surface area contributed by atoms with Gasteiger partial charge in [0.05, 0.1) is 6.61 Å². The van der Waals surface area contributed by atoms with E-state index >= 15 is 0 Å². The Morgan fingerprint density at radius 1 is 1.20 bits per heavy atom. The van der Waals surface area contributed by atoms with E-state index in [-0.39, 0.29) is 6.09 Å².